The van der Waals surface area contributed by atoms with E-state index in [-0.39, 0.29) is 18.0 Å². The van der Waals surface area contributed by atoms with E-state index < -0.39 is 28.7 Å². The third kappa shape index (κ3) is 4.12. The normalized spacial score (nSPS) is 17.5. The average Bonchev–Trinajstić information content (AvgIpc) is 3.48. The molecule has 0 saturated carbocycles. The van der Waals surface area contributed by atoms with Gasteiger partial charge in [0.25, 0.3) is 0 Å². The minimum atomic E-state index is -1.60. The first kappa shape index (κ1) is 24.8. The lowest BCUT2D eigenvalue weighted by atomic mass is 9.79. The Hall–Kier alpha value is -3.86. The lowest BCUT2D eigenvalue weighted by Crippen LogP contribution is -2.55. The van der Waals surface area contributed by atoms with E-state index in [9.17, 15) is 18.3 Å². The standard InChI is InChI=1S/C26H25F3N4O4/c1-14-30-13-21(36-14)17-7-6-15(10-20(17)35-4)23-31-32-24-26(25(2,3)34,8-5-9-33(23)24)37-16-11-18(27)22(29)19(28)12-16/h6-7,10-13,34H,5,8-9H2,1-4H3/t26-/m1/s1. The number of fused-ring (bicyclic) bond motifs is 1. The zero-order valence-electron chi connectivity index (χ0n) is 20.7. The van der Waals surface area contributed by atoms with Gasteiger partial charge < -0.3 is 23.6 Å². The molecule has 0 spiro atoms. The Morgan fingerprint density at radius 3 is 2.46 bits per heavy atom. The van der Waals surface area contributed by atoms with Crippen LogP contribution in [0.25, 0.3) is 22.7 Å². The second-order valence-electron chi connectivity index (χ2n) is 9.45. The largest absolute Gasteiger partial charge is 0.496 e. The maximum atomic E-state index is 14.0. The molecule has 5 rings (SSSR count). The van der Waals surface area contributed by atoms with Gasteiger partial charge in [-0.2, -0.15) is 0 Å². The van der Waals surface area contributed by atoms with Crippen LogP contribution in [-0.4, -0.2) is 37.6 Å². The summed E-state index contributed by atoms with van der Waals surface area (Å²) in [6.45, 7) is 5.30. The summed E-state index contributed by atoms with van der Waals surface area (Å²) in [6.07, 6.45) is 2.44. The second-order valence-corrected chi connectivity index (χ2v) is 9.45. The first-order chi connectivity index (χ1) is 17.5. The van der Waals surface area contributed by atoms with Crippen LogP contribution in [0.3, 0.4) is 0 Å². The van der Waals surface area contributed by atoms with Crippen molar-refractivity contribution in [3.63, 3.8) is 0 Å². The van der Waals surface area contributed by atoms with Gasteiger partial charge in [0.05, 0.1) is 18.9 Å². The lowest BCUT2D eigenvalue weighted by molar-refractivity contribution is -0.137. The predicted molar refractivity (Wildman–Crippen MR) is 126 cm³/mol. The van der Waals surface area contributed by atoms with Crippen molar-refractivity contribution >= 4 is 0 Å². The van der Waals surface area contributed by atoms with Crippen molar-refractivity contribution in [3.05, 3.63) is 65.7 Å². The number of halogens is 3. The number of methoxy groups -OCH3 is 1. The monoisotopic (exact) mass is 514 g/mol. The van der Waals surface area contributed by atoms with Crippen LogP contribution in [0.15, 0.2) is 40.9 Å². The smallest absolute Gasteiger partial charge is 0.196 e. The highest BCUT2D eigenvalue weighted by atomic mass is 19.2. The molecule has 3 heterocycles. The maximum absolute atomic E-state index is 14.0. The number of aryl methyl sites for hydroxylation is 1. The third-order valence-electron chi connectivity index (χ3n) is 6.61. The fourth-order valence-corrected chi connectivity index (χ4v) is 4.74. The average molecular weight is 515 g/mol. The zero-order chi connectivity index (χ0) is 26.5. The van der Waals surface area contributed by atoms with Crippen LogP contribution in [0.2, 0.25) is 0 Å². The number of benzene rings is 2. The quantitative estimate of drug-likeness (QED) is 0.355. The van der Waals surface area contributed by atoms with Crippen molar-refractivity contribution in [2.24, 2.45) is 0 Å². The Kier molecular flexibility index (Phi) is 5.98. The Labute approximate surface area is 210 Å². The summed E-state index contributed by atoms with van der Waals surface area (Å²) < 4.78 is 60.5. The van der Waals surface area contributed by atoms with Crippen molar-refractivity contribution in [2.75, 3.05) is 7.11 Å². The number of hydrogen-bond donors (Lipinski definition) is 1. The van der Waals surface area contributed by atoms with Gasteiger partial charge in [-0.25, -0.2) is 18.2 Å². The zero-order valence-corrected chi connectivity index (χ0v) is 20.7. The van der Waals surface area contributed by atoms with E-state index in [0.717, 1.165) is 12.1 Å². The van der Waals surface area contributed by atoms with Crippen molar-refractivity contribution in [1.29, 1.82) is 0 Å². The van der Waals surface area contributed by atoms with Gasteiger partial charge >= 0.3 is 0 Å². The van der Waals surface area contributed by atoms with Crippen LogP contribution in [0, 0.1) is 24.4 Å². The molecule has 0 fully saturated rings. The van der Waals surface area contributed by atoms with Gasteiger partial charge in [0.1, 0.15) is 17.1 Å². The van der Waals surface area contributed by atoms with E-state index in [4.69, 9.17) is 13.9 Å². The first-order valence-corrected chi connectivity index (χ1v) is 11.6. The van der Waals surface area contributed by atoms with Crippen molar-refractivity contribution in [3.8, 4) is 34.2 Å². The van der Waals surface area contributed by atoms with E-state index in [0.29, 0.717) is 47.3 Å². The minimum Gasteiger partial charge on any atom is -0.496 e. The van der Waals surface area contributed by atoms with E-state index in [1.54, 1.807) is 30.9 Å². The van der Waals surface area contributed by atoms with Crippen LogP contribution < -0.4 is 9.47 Å². The summed E-state index contributed by atoms with van der Waals surface area (Å²) in [4.78, 5) is 4.13. The molecule has 1 aliphatic heterocycles. The SMILES string of the molecule is COc1cc(-c2nnc3n2CCC[C@]3(Oc2cc(F)c(F)c(F)c2)C(C)(C)O)ccc1-c1cnc(C)o1. The number of aliphatic hydroxyl groups is 1. The molecule has 0 aliphatic carbocycles. The molecular weight excluding hydrogens is 489 g/mol. The molecule has 1 aliphatic rings. The van der Waals surface area contributed by atoms with Crippen LogP contribution in [0.1, 0.15) is 38.4 Å². The Morgan fingerprint density at radius 2 is 1.84 bits per heavy atom. The molecule has 0 amide bonds. The van der Waals surface area contributed by atoms with Crippen molar-refractivity contribution in [1.82, 2.24) is 19.7 Å². The third-order valence-corrected chi connectivity index (χ3v) is 6.61. The number of hydrogen-bond acceptors (Lipinski definition) is 7. The highest BCUT2D eigenvalue weighted by Crippen LogP contribution is 2.45. The van der Waals surface area contributed by atoms with Crippen molar-refractivity contribution < 1.29 is 32.2 Å². The molecule has 0 radical (unpaired) electrons. The van der Waals surface area contributed by atoms with Crippen molar-refractivity contribution in [2.45, 2.75) is 51.4 Å². The first-order valence-electron chi connectivity index (χ1n) is 11.6. The molecule has 0 saturated heterocycles. The molecule has 0 bridgehead atoms. The molecule has 194 valence electrons. The van der Waals surface area contributed by atoms with Gasteiger partial charge in [-0.05, 0) is 38.8 Å². The molecule has 8 nitrogen and oxygen atoms in total. The molecule has 1 N–H and O–H groups in total. The van der Waals surface area contributed by atoms with Crippen LogP contribution in [0.4, 0.5) is 13.2 Å². The van der Waals surface area contributed by atoms with E-state index in [1.165, 1.54) is 13.8 Å². The van der Waals surface area contributed by atoms with Gasteiger partial charge in [-0.15, -0.1) is 10.2 Å². The fourth-order valence-electron chi connectivity index (χ4n) is 4.74. The number of nitrogens with zero attached hydrogens (tertiary/aromatic N) is 4. The van der Waals surface area contributed by atoms with Crippen LogP contribution >= 0.6 is 0 Å². The number of ether oxygens (including phenoxy) is 2. The molecular formula is C26H25F3N4O4. The van der Waals surface area contributed by atoms with E-state index >= 15 is 0 Å². The van der Waals surface area contributed by atoms with E-state index in [1.807, 2.05) is 12.1 Å². The Morgan fingerprint density at radius 1 is 1.11 bits per heavy atom. The van der Waals surface area contributed by atoms with Crippen LogP contribution in [0.5, 0.6) is 11.5 Å². The molecule has 4 aromatic rings. The summed E-state index contributed by atoms with van der Waals surface area (Å²) in [5.74, 6) is -2.29. The second kappa shape index (κ2) is 8.91. The summed E-state index contributed by atoms with van der Waals surface area (Å²) in [5, 5.41) is 19.9. The van der Waals surface area contributed by atoms with Gasteiger partial charge in [0.15, 0.2) is 46.4 Å². The van der Waals surface area contributed by atoms with E-state index in [2.05, 4.69) is 15.2 Å². The molecule has 37 heavy (non-hydrogen) atoms. The number of oxazole rings is 1. The minimum absolute atomic E-state index is 0.273. The van der Waals surface area contributed by atoms with Crippen LogP contribution in [-0.2, 0) is 12.1 Å². The van der Waals surface area contributed by atoms with Gasteiger partial charge in [0, 0.05) is 31.2 Å². The highest BCUT2D eigenvalue weighted by Gasteiger charge is 2.53. The molecule has 0 unspecified atom stereocenters. The summed E-state index contributed by atoms with van der Waals surface area (Å²) in [5.41, 5.74) is -1.68. The molecule has 2 aromatic heterocycles. The lowest BCUT2D eigenvalue weighted by Gasteiger charge is -2.44. The Bertz CT molecular complexity index is 1450. The summed E-state index contributed by atoms with van der Waals surface area (Å²) in [7, 11) is 1.54. The van der Waals surface area contributed by atoms with Gasteiger partial charge in [0.2, 0.25) is 0 Å². The number of aromatic nitrogens is 4. The fraction of sp³-hybridized carbons (Fsp3) is 0.346. The Balaban J connectivity index is 1.60. The molecule has 2 aromatic carbocycles. The highest BCUT2D eigenvalue weighted by molar-refractivity contribution is 5.71. The molecule has 11 heteroatoms. The predicted octanol–water partition coefficient (Wildman–Crippen LogP) is 5.17. The topological polar surface area (TPSA) is 95.4 Å². The summed E-state index contributed by atoms with van der Waals surface area (Å²) in [6, 6.07) is 6.94. The van der Waals surface area contributed by atoms with Gasteiger partial charge in [-0.1, -0.05) is 6.07 Å². The number of rotatable bonds is 6. The summed E-state index contributed by atoms with van der Waals surface area (Å²) >= 11 is 0. The van der Waals surface area contributed by atoms with Gasteiger partial charge in [-0.3, -0.25) is 0 Å². The maximum Gasteiger partial charge on any atom is 0.196 e. The molecule has 1 atom stereocenters.